The van der Waals surface area contributed by atoms with Gasteiger partial charge in [0, 0.05) is 17.8 Å². The van der Waals surface area contributed by atoms with Crippen molar-refractivity contribution in [1.29, 1.82) is 0 Å². The Kier molecular flexibility index (Phi) is 7.16. The van der Waals surface area contributed by atoms with E-state index in [1.165, 1.54) is 22.4 Å². The van der Waals surface area contributed by atoms with Gasteiger partial charge >= 0.3 is 0 Å². The lowest BCUT2D eigenvalue weighted by Gasteiger charge is -2.37. The number of terminal acetylenes is 1. The van der Waals surface area contributed by atoms with Crippen molar-refractivity contribution < 1.29 is 9.47 Å². The van der Waals surface area contributed by atoms with Crippen molar-refractivity contribution in [3.05, 3.63) is 93.5 Å². The molecule has 182 valence electrons. The highest BCUT2D eigenvalue weighted by Gasteiger charge is 2.37. The quantitative estimate of drug-likeness (QED) is 0.189. The molecule has 3 aromatic rings. The van der Waals surface area contributed by atoms with Crippen LogP contribution in [0.2, 0.25) is 0 Å². The Morgan fingerprint density at radius 3 is 2.75 bits per heavy atom. The van der Waals surface area contributed by atoms with Crippen molar-refractivity contribution in [3.8, 4) is 23.8 Å². The first-order valence-electron chi connectivity index (χ1n) is 12.3. The SMILES string of the molecule is C#CCOc1c(Br)cc(C=Nc2ccc([C@@H]3Nc4ccc(C)cc4[C@H]4C=CC[C@@H]43)cc2)cc1OCC. The zero-order chi connectivity index (χ0) is 25.1. The van der Waals surface area contributed by atoms with Gasteiger partial charge in [0.2, 0.25) is 0 Å². The van der Waals surface area contributed by atoms with Crippen LogP contribution in [0.1, 0.15) is 47.6 Å². The molecule has 5 heteroatoms. The number of fused-ring (bicyclic) bond motifs is 3. The van der Waals surface area contributed by atoms with Crippen LogP contribution in [0.5, 0.6) is 11.5 Å². The third kappa shape index (κ3) is 4.92. The maximum atomic E-state index is 5.76. The number of benzene rings is 3. The molecule has 0 radical (unpaired) electrons. The first-order chi connectivity index (χ1) is 17.6. The van der Waals surface area contributed by atoms with Gasteiger partial charge in [0.15, 0.2) is 11.5 Å². The summed E-state index contributed by atoms with van der Waals surface area (Å²) in [6.07, 6.45) is 13.0. The average Bonchev–Trinajstić information content (AvgIpc) is 3.38. The molecule has 1 heterocycles. The Morgan fingerprint density at radius 2 is 1.97 bits per heavy atom. The minimum Gasteiger partial charge on any atom is -0.490 e. The minimum absolute atomic E-state index is 0.178. The normalized spacial score (nSPS) is 19.9. The fourth-order valence-corrected chi connectivity index (χ4v) is 5.71. The van der Waals surface area contributed by atoms with Crippen molar-refractivity contribution in [1.82, 2.24) is 0 Å². The third-order valence-electron chi connectivity index (χ3n) is 6.76. The summed E-state index contributed by atoms with van der Waals surface area (Å²) in [5.41, 5.74) is 7.06. The molecule has 5 rings (SSSR count). The average molecular weight is 541 g/mol. The van der Waals surface area contributed by atoms with Gasteiger partial charge in [0.05, 0.1) is 22.8 Å². The van der Waals surface area contributed by atoms with Gasteiger partial charge in [-0.05, 0) is 89.1 Å². The van der Waals surface area contributed by atoms with Gasteiger partial charge in [-0.1, -0.05) is 47.9 Å². The van der Waals surface area contributed by atoms with Gasteiger partial charge in [-0.2, -0.15) is 0 Å². The van der Waals surface area contributed by atoms with E-state index in [1.807, 2.05) is 25.3 Å². The molecule has 0 amide bonds. The summed E-state index contributed by atoms with van der Waals surface area (Å²) in [7, 11) is 0. The zero-order valence-corrected chi connectivity index (χ0v) is 22.1. The van der Waals surface area contributed by atoms with Crippen molar-refractivity contribution in [3.63, 3.8) is 0 Å². The van der Waals surface area contributed by atoms with Crippen molar-refractivity contribution in [2.24, 2.45) is 10.9 Å². The van der Waals surface area contributed by atoms with Crippen LogP contribution < -0.4 is 14.8 Å². The predicted molar refractivity (Wildman–Crippen MR) is 151 cm³/mol. The molecule has 36 heavy (non-hydrogen) atoms. The summed E-state index contributed by atoms with van der Waals surface area (Å²) in [5, 5.41) is 3.81. The zero-order valence-electron chi connectivity index (χ0n) is 20.5. The van der Waals surface area contributed by atoms with Gasteiger partial charge in [-0.15, -0.1) is 6.42 Å². The van der Waals surface area contributed by atoms with Crippen molar-refractivity contribution in [2.45, 2.75) is 32.2 Å². The second kappa shape index (κ2) is 10.6. The minimum atomic E-state index is 0.178. The van der Waals surface area contributed by atoms with Crippen LogP contribution in [0, 0.1) is 25.2 Å². The van der Waals surface area contributed by atoms with Gasteiger partial charge in [0.1, 0.15) is 6.61 Å². The molecule has 2 aliphatic rings. The Hall–Kier alpha value is -3.49. The smallest absolute Gasteiger partial charge is 0.176 e. The van der Waals surface area contributed by atoms with E-state index in [1.54, 1.807) is 0 Å². The molecule has 4 nitrogen and oxygen atoms in total. The maximum Gasteiger partial charge on any atom is 0.176 e. The van der Waals surface area contributed by atoms with E-state index in [0.717, 1.165) is 22.1 Å². The van der Waals surface area contributed by atoms with Crippen LogP contribution in [0.15, 0.2) is 76.2 Å². The van der Waals surface area contributed by atoms with Gasteiger partial charge in [0.25, 0.3) is 0 Å². The van der Waals surface area contributed by atoms with Crippen molar-refractivity contribution in [2.75, 3.05) is 18.5 Å². The van der Waals surface area contributed by atoms with Crippen LogP contribution in [-0.2, 0) is 0 Å². The standard InChI is InChI=1S/C31H29BrN2O2/c1-4-15-36-31-27(32)17-21(18-29(31)35-5-2)19-33-23-12-10-22(11-13-23)30-25-8-6-7-24(25)26-16-20(3)9-14-28(26)34-30/h1,6-7,9-14,16-19,24-25,30,34H,5,8,15H2,2-3H3/t24-,25-,30-/m0/s1. The molecule has 1 aliphatic carbocycles. The number of hydrogen-bond acceptors (Lipinski definition) is 4. The van der Waals surface area contributed by atoms with E-state index >= 15 is 0 Å². The Bertz CT molecular complexity index is 1350. The van der Waals surface area contributed by atoms with E-state index < -0.39 is 0 Å². The molecular weight excluding hydrogens is 512 g/mol. The van der Waals surface area contributed by atoms with Crippen LogP contribution in [-0.4, -0.2) is 19.4 Å². The van der Waals surface area contributed by atoms with Crippen LogP contribution in [0.3, 0.4) is 0 Å². The number of halogens is 1. The van der Waals surface area contributed by atoms with E-state index in [9.17, 15) is 0 Å². The highest BCUT2D eigenvalue weighted by atomic mass is 79.9. The summed E-state index contributed by atoms with van der Waals surface area (Å²) >= 11 is 3.57. The summed E-state index contributed by atoms with van der Waals surface area (Å²) in [6.45, 7) is 4.80. The molecule has 0 spiro atoms. The summed E-state index contributed by atoms with van der Waals surface area (Å²) in [4.78, 5) is 4.70. The fraction of sp³-hybridized carbons (Fsp3) is 0.258. The second-order valence-electron chi connectivity index (χ2n) is 9.17. The molecule has 0 aromatic heterocycles. The van der Waals surface area contributed by atoms with E-state index in [4.69, 9.17) is 20.9 Å². The lowest BCUT2D eigenvalue weighted by molar-refractivity contribution is 0.298. The molecule has 0 saturated heterocycles. The molecule has 3 aromatic carbocycles. The number of hydrogen-bond donors (Lipinski definition) is 1. The highest BCUT2D eigenvalue weighted by Crippen LogP contribution is 2.50. The van der Waals surface area contributed by atoms with Gasteiger partial charge in [-0.3, -0.25) is 4.99 Å². The molecule has 1 N–H and O–H groups in total. The van der Waals surface area contributed by atoms with E-state index in [-0.39, 0.29) is 12.6 Å². The van der Waals surface area contributed by atoms with E-state index in [0.29, 0.717) is 29.9 Å². The first kappa shape index (κ1) is 24.2. The lowest BCUT2D eigenvalue weighted by atomic mass is 9.76. The largest absolute Gasteiger partial charge is 0.490 e. The van der Waals surface area contributed by atoms with E-state index in [2.05, 4.69) is 88.7 Å². The van der Waals surface area contributed by atoms with Gasteiger partial charge in [-0.25, -0.2) is 0 Å². The molecule has 0 fully saturated rings. The number of allylic oxidation sites excluding steroid dienone is 2. The number of nitrogens with zero attached hydrogens (tertiary/aromatic N) is 1. The topological polar surface area (TPSA) is 42.8 Å². The van der Waals surface area contributed by atoms with Gasteiger partial charge < -0.3 is 14.8 Å². The number of ether oxygens (including phenoxy) is 2. The number of anilines is 1. The van der Waals surface area contributed by atoms with Crippen molar-refractivity contribution >= 4 is 33.5 Å². The number of nitrogens with one attached hydrogen (secondary N) is 1. The Balaban J connectivity index is 1.35. The molecule has 0 bridgehead atoms. The fourth-order valence-electron chi connectivity index (χ4n) is 5.14. The number of aryl methyl sites for hydroxylation is 1. The van der Waals surface area contributed by atoms with Crippen LogP contribution >= 0.6 is 15.9 Å². The van der Waals surface area contributed by atoms with Crippen LogP contribution in [0.25, 0.3) is 0 Å². The molecule has 0 saturated carbocycles. The molecule has 1 aliphatic heterocycles. The second-order valence-corrected chi connectivity index (χ2v) is 10.0. The summed E-state index contributed by atoms with van der Waals surface area (Å²) < 4.78 is 12.2. The molecular formula is C31H29BrN2O2. The predicted octanol–water partition coefficient (Wildman–Crippen LogP) is 7.75. The molecule has 3 atom stereocenters. The summed E-state index contributed by atoms with van der Waals surface area (Å²) in [6, 6.07) is 19.4. The third-order valence-corrected chi connectivity index (χ3v) is 7.35. The Labute approximate surface area is 221 Å². The lowest BCUT2D eigenvalue weighted by Crippen LogP contribution is -2.29. The number of aliphatic imine (C=N–C) groups is 1. The maximum absolute atomic E-state index is 5.76. The Morgan fingerprint density at radius 1 is 1.14 bits per heavy atom. The van der Waals surface area contributed by atoms with Crippen LogP contribution in [0.4, 0.5) is 11.4 Å². The molecule has 0 unspecified atom stereocenters. The first-order valence-corrected chi connectivity index (χ1v) is 13.1. The highest BCUT2D eigenvalue weighted by molar-refractivity contribution is 9.10. The summed E-state index contributed by atoms with van der Waals surface area (Å²) in [5.74, 6) is 4.72. The number of rotatable bonds is 7. The monoisotopic (exact) mass is 540 g/mol.